The van der Waals surface area contributed by atoms with Gasteiger partial charge in [0.25, 0.3) is 0 Å². The summed E-state index contributed by atoms with van der Waals surface area (Å²) in [7, 11) is -3.78. The highest BCUT2D eigenvalue weighted by Gasteiger charge is 2.71. The zero-order valence-corrected chi connectivity index (χ0v) is 19.9. The van der Waals surface area contributed by atoms with Gasteiger partial charge in [0.2, 0.25) is 0 Å². The summed E-state index contributed by atoms with van der Waals surface area (Å²) in [5.41, 5.74) is -6.03. The number of sulfone groups is 1. The number of allylic oxidation sites excluding steroid dienone is 3. The fourth-order valence-electron chi connectivity index (χ4n) is 3.04. The van der Waals surface area contributed by atoms with Crippen molar-refractivity contribution in [3.63, 3.8) is 0 Å². The Balaban J connectivity index is 2.58. The topological polar surface area (TPSA) is 59.4 Å². The predicted octanol–water partition coefficient (Wildman–Crippen LogP) is 6.93. The molecule has 0 spiro atoms. The van der Waals surface area contributed by atoms with Gasteiger partial charge in [-0.05, 0) is 43.7 Å². The maximum atomic E-state index is 14.2. The SMILES string of the molecule is CCCC(=N/C=C(\C)C(F)=CC(F)(C(F)(F)F)C(F)(F)F)c1ncc(C2CC2)cc1S(=O)(=O)CC. The minimum atomic E-state index is -6.45. The molecule has 0 aliphatic heterocycles. The maximum Gasteiger partial charge on any atom is 0.435 e. The molecule has 0 unspecified atom stereocenters. The number of hydrogen-bond donors (Lipinski definition) is 0. The molecule has 13 heteroatoms. The highest BCUT2D eigenvalue weighted by atomic mass is 32.2. The van der Waals surface area contributed by atoms with Crippen LogP contribution in [0, 0.1) is 0 Å². The minimum absolute atomic E-state index is 0.0344. The second-order valence-electron chi connectivity index (χ2n) is 8.13. The standard InChI is InChI=1S/C22H24F8N2O2S/c1-4-6-17(19-18(35(33,34)5-2)9-15(12-32-19)14-7-8-14)31-11-13(3)16(23)10-20(24,21(25,26)27)22(28,29)30/h9-12,14H,4-8H2,1-3H3/b13-11+,16-10?,31-17?. The van der Waals surface area contributed by atoms with Gasteiger partial charge in [-0.3, -0.25) is 9.98 Å². The molecule has 0 radical (unpaired) electrons. The lowest BCUT2D eigenvalue weighted by Crippen LogP contribution is -2.51. The molecule has 4 nitrogen and oxygen atoms in total. The molecule has 196 valence electrons. The summed E-state index contributed by atoms with van der Waals surface area (Å²) in [6, 6.07) is 1.48. The average Bonchev–Trinajstić information content (AvgIpc) is 3.59. The van der Waals surface area contributed by atoms with Crippen LogP contribution >= 0.6 is 0 Å². The van der Waals surface area contributed by atoms with Gasteiger partial charge in [-0.2, -0.15) is 26.3 Å². The fraction of sp³-hybridized carbons (Fsp3) is 0.545. The molecule has 35 heavy (non-hydrogen) atoms. The number of aromatic nitrogens is 1. The van der Waals surface area contributed by atoms with E-state index in [2.05, 4.69) is 9.98 Å². The first-order valence-electron chi connectivity index (χ1n) is 10.7. The third kappa shape index (κ3) is 6.47. The van der Waals surface area contributed by atoms with Gasteiger partial charge in [0.15, 0.2) is 9.84 Å². The molecular formula is C22H24F8N2O2S. The summed E-state index contributed by atoms with van der Waals surface area (Å²) >= 11 is 0. The van der Waals surface area contributed by atoms with Crippen LogP contribution in [0.1, 0.15) is 63.6 Å². The van der Waals surface area contributed by atoms with Crippen molar-refractivity contribution >= 4 is 15.5 Å². The van der Waals surface area contributed by atoms with E-state index in [-0.39, 0.29) is 34.4 Å². The number of hydrogen-bond acceptors (Lipinski definition) is 4. The van der Waals surface area contributed by atoms with Crippen molar-refractivity contribution < 1.29 is 43.5 Å². The van der Waals surface area contributed by atoms with Crippen LogP contribution in [-0.4, -0.2) is 42.9 Å². The highest BCUT2D eigenvalue weighted by Crippen LogP contribution is 2.48. The fourth-order valence-corrected chi connectivity index (χ4v) is 4.13. The molecule has 2 rings (SSSR count). The van der Waals surface area contributed by atoms with Crippen LogP contribution in [0.2, 0.25) is 0 Å². The number of pyridine rings is 1. The van der Waals surface area contributed by atoms with E-state index in [0.29, 0.717) is 12.6 Å². The zero-order chi connectivity index (χ0) is 26.8. The second kappa shape index (κ2) is 10.4. The van der Waals surface area contributed by atoms with E-state index in [1.54, 1.807) is 6.92 Å². The number of nitrogens with zero attached hydrogens (tertiary/aromatic N) is 2. The van der Waals surface area contributed by atoms with Crippen molar-refractivity contribution in [2.75, 3.05) is 5.75 Å². The lowest BCUT2D eigenvalue weighted by atomic mass is 10.0. The molecule has 1 fully saturated rings. The van der Waals surface area contributed by atoms with Crippen LogP contribution in [-0.2, 0) is 9.84 Å². The van der Waals surface area contributed by atoms with Crippen LogP contribution in [0.25, 0.3) is 0 Å². The summed E-state index contributed by atoms with van der Waals surface area (Å²) in [6.45, 7) is 3.94. The normalized spacial score (nSPS) is 17.2. The van der Waals surface area contributed by atoms with Crippen molar-refractivity contribution in [2.24, 2.45) is 4.99 Å². The van der Waals surface area contributed by atoms with E-state index in [1.165, 1.54) is 19.2 Å². The Morgan fingerprint density at radius 2 is 1.69 bits per heavy atom. The van der Waals surface area contributed by atoms with E-state index < -0.39 is 45.3 Å². The number of halogens is 8. The van der Waals surface area contributed by atoms with E-state index in [4.69, 9.17) is 0 Å². The van der Waals surface area contributed by atoms with Gasteiger partial charge < -0.3 is 0 Å². The van der Waals surface area contributed by atoms with Gasteiger partial charge in [0.1, 0.15) is 11.5 Å². The van der Waals surface area contributed by atoms with Crippen molar-refractivity contribution in [3.8, 4) is 0 Å². The van der Waals surface area contributed by atoms with Gasteiger partial charge in [-0.1, -0.05) is 20.3 Å². The largest absolute Gasteiger partial charge is 0.435 e. The smallest absolute Gasteiger partial charge is 0.259 e. The van der Waals surface area contributed by atoms with Gasteiger partial charge >= 0.3 is 18.0 Å². The van der Waals surface area contributed by atoms with Crippen LogP contribution in [0.4, 0.5) is 35.1 Å². The predicted molar refractivity (Wildman–Crippen MR) is 114 cm³/mol. The van der Waals surface area contributed by atoms with Gasteiger partial charge in [0.05, 0.1) is 16.4 Å². The number of aliphatic imine (C=N–C) groups is 1. The molecule has 1 aliphatic carbocycles. The lowest BCUT2D eigenvalue weighted by Gasteiger charge is -2.27. The van der Waals surface area contributed by atoms with E-state index in [1.807, 2.05) is 0 Å². The Morgan fingerprint density at radius 1 is 1.11 bits per heavy atom. The van der Waals surface area contributed by atoms with E-state index in [9.17, 15) is 43.5 Å². The van der Waals surface area contributed by atoms with Crippen LogP contribution in [0.3, 0.4) is 0 Å². The number of alkyl halides is 7. The Morgan fingerprint density at radius 3 is 2.14 bits per heavy atom. The van der Waals surface area contributed by atoms with Crippen molar-refractivity contribution in [1.82, 2.24) is 4.98 Å². The monoisotopic (exact) mass is 532 g/mol. The van der Waals surface area contributed by atoms with E-state index in [0.717, 1.165) is 25.3 Å². The second-order valence-corrected chi connectivity index (χ2v) is 10.4. The van der Waals surface area contributed by atoms with E-state index >= 15 is 0 Å². The maximum absolute atomic E-state index is 14.2. The molecule has 0 saturated heterocycles. The van der Waals surface area contributed by atoms with Gasteiger partial charge in [0, 0.05) is 24.0 Å². The molecule has 0 atom stereocenters. The van der Waals surface area contributed by atoms with Crippen LogP contribution in [0.15, 0.2) is 45.8 Å². The lowest BCUT2D eigenvalue weighted by molar-refractivity contribution is -0.322. The summed E-state index contributed by atoms with van der Waals surface area (Å²) < 4.78 is 130. The number of rotatable bonds is 9. The van der Waals surface area contributed by atoms with Crippen LogP contribution in [0.5, 0.6) is 0 Å². The molecular weight excluding hydrogens is 508 g/mol. The molecule has 1 saturated carbocycles. The summed E-state index contributed by atoms with van der Waals surface area (Å²) in [5.74, 6) is -2.20. The summed E-state index contributed by atoms with van der Waals surface area (Å²) in [6.07, 6.45) is -9.70. The van der Waals surface area contributed by atoms with Gasteiger partial charge in [-0.15, -0.1) is 0 Å². The molecule has 0 aromatic carbocycles. The highest BCUT2D eigenvalue weighted by molar-refractivity contribution is 7.91. The molecule has 0 N–H and O–H groups in total. The molecule has 0 amide bonds. The first-order valence-corrected chi connectivity index (χ1v) is 12.3. The molecule has 1 aliphatic rings. The van der Waals surface area contributed by atoms with Crippen molar-refractivity contribution in [1.29, 1.82) is 0 Å². The Bertz CT molecular complexity index is 1120. The average molecular weight is 532 g/mol. The minimum Gasteiger partial charge on any atom is -0.259 e. The van der Waals surface area contributed by atoms with Gasteiger partial charge in [-0.25, -0.2) is 17.2 Å². The van der Waals surface area contributed by atoms with Crippen molar-refractivity contribution in [3.05, 3.63) is 47.2 Å². The molecule has 0 bridgehead atoms. The summed E-state index contributed by atoms with van der Waals surface area (Å²) in [5, 5.41) is 0. The molecule has 1 aromatic rings. The zero-order valence-electron chi connectivity index (χ0n) is 19.1. The quantitative estimate of drug-likeness (QED) is 0.197. The summed E-state index contributed by atoms with van der Waals surface area (Å²) in [4.78, 5) is 8.02. The third-order valence-corrected chi connectivity index (χ3v) is 7.08. The first-order chi connectivity index (χ1) is 16.0. The first kappa shape index (κ1) is 28.9. The molecule has 1 heterocycles. The van der Waals surface area contributed by atoms with Crippen molar-refractivity contribution in [2.45, 2.75) is 75.3 Å². The third-order valence-electron chi connectivity index (χ3n) is 5.34. The molecule has 1 aromatic heterocycles. The Kier molecular flexibility index (Phi) is 8.56. The Labute approximate surface area is 197 Å². The Hall–Kier alpha value is -2.31. The van der Waals surface area contributed by atoms with Crippen LogP contribution < -0.4 is 0 Å².